The highest BCUT2D eigenvalue weighted by atomic mass is 35.5. The van der Waals surface area contributed by atoms with E-state index < -0.39 is 168 Å². The van der Waals surface area contributed by atoms with Gasteiger partial charge in [0.1, 0.15) is 86.4 Å². The number of aryl methyl sites for hydroxylation is 1. The Bertz CT molecular complexity index is 7170. The minimum atomic E-state index is -4.02. The van der Waals surface area contributed by atoms with Gasteiger partial charge in [0.25, 0.3) is 27.8 Å². The van der Waals surface area contributed by atoms with Crippen LogP contribution in [-0.4, -0.2) is 249 Å². The number of hydrogen-bond acceptors (Lipinski definition) is 31. The summed E-state index contributed by atoms with van der Waals surface area (Å²) in [5.74, 6) is -1.95. The summed E-state index contributed by atoms with van der Waals surface area (Å²) in [6, 6.07) is 24.4. The molecule has 50 heteroatoms. The molecule has 804 valence electrons. The Morgan fingerprint density at radius 2 is 0.805 bits per heavy atom. The molecule has 40 nitrogen and oxygen atoms in total. The molecule has 0 radical (unpaired) electrons. The lowest BCUT2D eigenvalue weighted by atomic mass is 10.1. The summed E-state index contributed by atoms with van der Waals surface area (Å²) in [6.07, 6.45) is 12.5. The average Bonchev–Trinajstić information content (AvgIpc) is 1.57. The molecule has 9 aromatic rings. The van der Waals surface area contributed by atoms with Crippen molar-refractivity contribution in [2.75, 3.05) is 48.1 Å². The molecule has 6 saturated carbocycles. The van der Waals surface area contributed by atoms with E-state index in [0.29, 0.717) is 146 Å². The van der Waals surface area contributed by atoms with Crippen LogP contribution in [0.15, 0.2) is 165 Å². The average molecular weight is 2260 g/mol. The quantitative estimate of drug-likeness (QED) is 0.0125. The number of halogens is 6. The molecule has 6 aliphatic carbocycles. The van der Waals surface area contributed by atoms with Crippen LogP contribution in [0.4, 0.5) is 9.59 Å². The highest BCUT2D eigenvalue weighted by Crippen LogP contribution is 2.49. The van der Waals surface area contributed by atoms with E-state index in [1.165, 1.54) is 47.5 Å². The zero-order chi connectivity index (χ0) is 108. The molecular weight excluding hydrogens is 2140 g/mol. The smallest absolute Gasteiger partial charge is 0.411 e. The van der Waals surface area contributed by atoms with Gasteiger partial charge in [-0.2, -0.15) is 8.42 Å². The molecule has 7 heterocycles. The van der Waals surface area contributed by atoms with E-state index in [1.54, 1.807) is 160 Å². The van der Waals surface area contributed by atoms with Crippen molar-refractivity contribution in [2.45, 2.75) is 210 Å². The summed E-state index contributed by atoms with van der Waals surface area (Å²) >= 11 is 30.3. The zero-order valence-corrected chi connectivity index (χ0v) is 90.6. The fraction of sp³-hybridized carbons (Fsp3) is 0.434. The fourth-order valence-electron chi connectivity index (χ4n) is 16.6. The Labute approximate surface area is 892 Å². The highest BCUT2D eigenvalue weighted by Gasteiger charge is 2.64. The Kier molecular flexibility index (Phi) is 36.3. The van der Waals surface area contributed by atoms with Gasteiger partial charge in [-0.05, 0) is 191 Å². The number of carboxylic acids is 1. The van der Waals surface area contributed by atoms with Gasteiger partial charge < -0.3 is 69.4 Å². The van der Waals surface area contributed by atoms with E-state index in [0.717, 1.165) is 27.1 Å². The van der Waals surface area contributed by atoms with Crippen LogP contribution in [0.25, 0.3) is 43.1 Å². The van der Waals surface area contributed by atoms with Crippen molar-refractivity contribution >= 4 is 201 Å². The maximum Gasteiger partial charge on any atom is 0.411 e. The predicted octanol–water partition coefficient (Wildman–Crippen LogP) is 13.4. The van der Waals surface area contributed by atoms with Gasteiger partial charge in [0.2, 0.25) is 59.5 Å². The van der Waals surface area contributed by atoms with Gasteiger partial charge in [-0.25, -0.2) is 59.6 Å². The molecule has 7 amide bonds. The number of aliphatic carboxylic acids is 1. The van der Waals surface area contributed by atoms with E-state index >= 15 is 0 Å². The lowest BCUT2D eigenvalue weighted by Gasteiger charge is -2.29. The van der Waals surface area contributed by atoms with Crippen molar-refractivity contribution in [3.63, 3.8) is 0 Å². The van der Waals surface area contributed by atoms with Crippen molar-refractivity contribution in [2.24, 2.45) is 23.5 Å². The number of amides is 7. The number of carbonyl (C=O) groups excluding carboxylic acids is 7. The van der Waals surface area contributed by atoms with Crippen molar-refractivity contribution in [1.29, 1.82) is 0 Å². The van der Waals surface area contributed by atoms with Crippen LogP contribution in [0.1, 0.15) is 124 Å². The van der Waals surface area contributed by atoms with E-state index in [4.69, 9.17) is 111 Å². The maximum atomic E-state index is 13.8. The molecule has 0 unspecified atom stereocenters. The largest absolute Gasteiger partial charge is 0.494 e. The second-order valence-electron chi connectivity index (χ2n) is 38.7. The highest BCUT2D eigenvalue weighted by molar-refractivity contribution is 7.91. The minimum Gasteiger partial charge on any atom is -0.494 e. The minimum absolute atomic E-state index is 0. The second kappa shape index (κ2) is 46.7. The molecule has 0 bridgehead atoms. The molecule has 5 aromatic carbocycles. The second-order valence-corrected chi connectivity index (χ2v) is 48.1. The van der Waals surface area contributed by atoms with Gasteiger partial charge >= 0.3 is 18.2 Å². The lowest BCUT2D eigenvalue weighted by molar-refractivity contribution is -0.142. The monoisotopic (exact) mass is 2260 g/mol. The standard InChI is InChI=1S/C29H35ClN4O8S.C24H27ClN4O6S.C20H23ClN2O6.C10H7Cl2NO.C9H14N2O3S.C7H8O3S.ClH/c1-6-16-13-29(16,26(36)33-43(38,39)19-8-9-19)32-24(35)22-12-18(15-34(22)27(37)42-28(2,3)4)41-25-21-11-17(30)7-10-20(21)23(40-5)14-31-25;1-3-13-10-24(13,23(31)29-36(32,33)16-5-6-16)28-21(30)19-9-15(11-26-19)35-22-18-8-14(25)4-7-17(18)20(34-2)12-27-22;1-20(2,3)29-19(26)23-10-12(8-15(23)18(24)25)28-17-14-7-11(21)5-6-13(14)16(27-4)9-22-17;1-14-9-5-13-10(12)8-4-6(11)2-3-7(8)9;1-2-6-5-9(6,10)8(12)11-15(13,14)7-3-4-7;1-6-2-4-7(5-3-6)11(8,9)10;/h6-7,10-11,14,16,18-19,22H,1,8-9,12-13,15H2,2-5H3,(H,32,35)(H,33,36);3-4,7-8,12-13,15-16,19,26H,1,5-6,9-11H2,2H3,(H,28,30)(H,29,31);5-7,9,12,15H,8,10H2,1-4H3,(H,24,25);2-5H,1H3;2,6-7H,1,3-5,10H2,(H,11,12);2-5H,1H3,(H,8,9,10);1H/t16-,18-,22+,29-;13-,15-,19+,24-;12-,15+;;6-,9-;;/m111.1../s1. The molecule has 4 aromatic heterocycles. The number of aromatic nitrogens is 4. The lowest BCUT2D eigenvalue weighted by Crippen LogP contribution is -2.56. The number of rotatable bonds is 28. The van der Waals surface area contributed by atoms with Crippen LogP contribution >= 0.6 is 70.4 Å². The third-order valence-corrected chi connectivity index (χ3v) is 32.9. The van der Waals surface area contributed by atoms with Crippen LogP contribution in [-0.2, 0) is 78.4 Å². The number of fused-ring (bicyclic) bond motifs is 4. The number of hydrogen-bond donors (Lipinski definition) is 9. The summed E-state index contributed by atoms with van der Waals surface area (Å²) in [7, 11) is -8.85. The number of carboxylic acid groups (broad SMARTS) is 1. The molecule has 149 heavy (non-hydrogen) atoms. The fourth-order valence-corrected chi connectivity index (χ4v) is 22.1. The molecule has 9 fully saturated rings. The van der Waals surface area contributed by atoms with E-state index in [-0.39, 0.29) is 73.5 Å². The van der Waals surface area contributed by atoms with Crippen molar-refractivity contribution in [1.82, 2.24) is 59.9 Å². The maximum absolute atomic E-state index is 13.8. The number of methoxy groups -OCH3 is 4. The number of nitrogens with two attached hydrogens (primary N) is 1. The first-order valence-corrected chi connectivity index (χ1v) is 54.6. The first-order chi connectivity index (χ1) is 69.5. The number of nitrogens with zero attached hydrogens (tertiary/aromatic N) is 6. The molecular formula is C99H115Cl6N13O27S4. The van der Waals surface area contributed by atoms with Gasteiger partial charge in [-0.15, -0.1) is 32.1 Å². The first kappa shape index (κ1) is 116. The van der Waals surface area contributed by atoms with Crippen LogP contribution in [0.5, 0.6) is 40.6 Å². The van der Waals surface area contributed by atoms with Crippen LogP contribution in [0.2, 0.25) is 25.2 Å². The third kappa shape index (κ3) is 28.4. The summed E-state index contributed by atoms with van der Waals surface area (Å²) in [5, 5.41) is 25.1. The Balaban J connectivity index is 0.000000168. The number of likely N-dealkylation sites (tertiary alicyclic amines) is 2. The molecule has 12 atom stereocenters. The number of carbonyl (C=O) groups is 8. The van der Waals surface area contributed by atoms with E-state index in [1.807, 2.05) is 23.8 Å². The van der Waals surface area contributed by atoms with Crippen molar-refractivity contribution in [3.05, 3.63) is 191 Å². The normalized spacial score (nSPS) is 22.9. The van der Waals surface area contributed by atoms with Gasteiger partial charge in [-0.1, -0.05) is 93.9 Å². The number of sulfonamides is 3. The van der Waals surface area contributed by atoms with E-state index in [9.17, 15) is 77.1 Å². The van der Waals surface area contributed by atoms with Crippen LogP contribution in [0, 0.1) is 24.7 Å². The topological polar surface area (TPSA) is 553 Å². The molecule has 9 aliphatic rings. The first-order valence-electron chi connectivity index (χ1n) is 46.7. The van der Waals surface area contributed by atoms with Crippen molar-refractivity contribution < 1.29 is 124 Å². The van der Waals surface area contributed by atoms with Gasteiger partial charge in [0, 0.05) is 107 Å². The molecule has 3 aliphatic heterocycles. The number of nitrogens with one attached hydrogen (secondary N) is 6. The predicted molar refractivity (Wildman–Crippen MR) is 560 cm³/mol. The number of ether oxygens (including phenoxy) is 9. The van der Waals surface area contributed by atoms with Crippen LogP contribution in [0.3, 0.4) is 0 Å². The van der Waals surface area contributed by atoms with Crippen molar-refractivity contribution in [3.8, 4) is 40.6 Å². The molecule has 10 N–H and O–H groups in total. The zero-order valence-electron chi connectivity index (χ0n) is 82.7. The molecule has 3 saturated heterocycles. The molecule has 0 spiro atoms. The van der Waals surface area contributed by atoms with Gasteiger partial charge in [0.05, 0.1) is 93.0 Å². The number of pyridine rings is 4. The Morgan fingerprint density at radius 3 is 1.15 bits per heavy atom. The third-order valence-electron chi connectivity index (χ3n) is 25.4. The van der Waals surface area contributed by atoms with Crippen LogP contribution < -0.4 is 69.0 Å². The Hall–Kier alpha value is -11.7. The SMILES string of the molecule is C=C[C@@H]1C[C@]1(N)C(=O)NS(=O)(=O)C1CC1.C=C[C@@H]1C[C@]1(NC(=O)[C@@H]1C[C@@H](Oc2ncc(OC)c3ccc(Cl)cc23)CN1)C(=O)NS(=O)(=O)C1CC1.C=C[C@@H]1C[C@]1(NC(=O)[C@@H]1C[C@@H](Oc2ncc(OC)c3ccc(Cl)cc23)CN1C(=O)OC(C)(C)C)C(=O)NS(=O)(=O)C1CC1.COc1cnc(Cl)c2cc(Cl)ccc12.COc1cnc(O[C@@H]2C[C@@H](C(=O)O)N(C(=O)OC(C)(C)C)C2)c2cc(Cl)ccc12.Cc1ccc(S(=O)(=O)O)cc1.Cl. The van der Waals surface area contributed by atoms with Gasteiger partial charge in [-0.3, -0.25) is 52.5 Å². The molecule has 18 rings (SSSR count). The number of benzene rings is 5. The van der Waals surface area contributed by atoms with E-state index in [2.05, 4.69) is 65.1 Å². The summed E-state index contributed by atoms with van der Waals surface area (Å²) in [5.41, 5.74) is 1.24. The summed E-state index contributed by atoms with van der Waals surface area (Å²) < 4.78 is 159. The van der Waals surface area contributed by atoms with Gasteiger partial charge in [0.15, 0.2) is 0 Å². The Morgan fingerprint density at radius 1 is 0.463 bits per heavy atom. The summed E-state index contributed by atoms with van der Waals surface area (Å²) in [4.78, 5) is 121. The summed E-state index contributed by atoms with van der Waals surface area (Å²) in [6.45, 7) is 23.5.